The third-order valence-electron chi connectivity index (χ3n) is 5.04. The Balaban J connectivity index is 1.50. The molecule has 0 spiro atoms. The number of benzene rings is 2. The van der Waals surface area contributed by atoms with Crippen LogP contribution < -0.4 is 19.5 Å². The first-order chi connectivity index (χ1) is 13.3. The molecular formula is C21H21N3O3. The number of ether oxygens (including phenoxy) is 3. The van der Waals surface area contributed by atoms with Crippen molar-refractivity contribution in [1.82, 2.24) is 9.78 Å². The van der Waals surface area contributed by atoms with Crippen LogP contribution in [-0.4, -0.2) is 36.6 Å². The Morgan fingerprint density at radius 1 is 1.07 bits per heavy atom. The van der Waals surface area contributed by atoms with E-state index < -0.39 is 0 Å². The summed E-state index contributed by atoms with van der Waals surface area (Å²) >= 11 is 0. The monoisotopic (exact) mass is 363 g/mol. The van der Waals surface area contributed by atoms with Gasteiger partial charge in [0.1, 0.15) is 24.8 Å². The van der Waals surface area contributed by atoms with Crippen LogP contribution in [0.5, 0.6) is 17.2 Å². The summed E-state index contributed by atoms with van der Waals surface area (Å²) in [5, 5.41) is 8.40. The van der Waals surface area contributed by atoms with E-state index in [0.29, 0.717) is 13.2 Å². The van der Waals surface area contributed by atoms with Crippen molar-refractivity contribution in [2.45, 2.75) is 12.8 Å². The van der Waals surface area contributed by atoms with Crippen molar-refractivity contribution in [3.8, 4) is 22.9 Å². The van der Waals surface area contributed by atoms with Crippen LogP contribution in [0.2, 0.25) is 0 Å². The molecule has 0 aliphatic carbocycles. The molecule has 0 atom stereocenters. The van der Waals surface area contributed by atoms with Gasteiger partial charge in [-0.25, -0.2) is 4.68 Å². The number of aromatic nitrogens is 2. The summed E-state index contributed by atoms with van der Waals surface area (Å²) < 4.78 is 18.6. The third kappa shape index (κ3) is 2.87. The third-order valence-corrected chi connectivity index (χ3v) is 5.04. The summed E-state index contributed by atoms with van der Waals surface area (Å²) in [6, 6.07) is 14.2. The molecule has 3 aromatic rings. The van der Waals surface area contributed by atoms with E-state index in [9.17, 15) is 0 Å². The maximum atomic E-state index is 5.73. The Morgan fingerprint density at radius 2 is 1.89 bits per heavy atom. The van der Waals surface area contributed by atoms with E-state index >= 15 is 0 Å². The summed E-state index contributed by atoms with van der Waals surface area (Å²) in [5.41, 5.74) is 4.60. The summed E-state index contributed by atoms with van der Waals surface area (Å²) in [4.78, 5) is 0. The fraction of sp³-hybridized carbons (Fsp3) is 0.286. The molecule has 1 N–H and O–H groups in total. The van der Waals surface area contributed by atoms with Gasteiger partial charge in [0, 0.05) is 24.6 Å². The highest BCUT2D eigenvalue weighted by Gasteiger charge is 2.24. The molecule has 3 heterocycles. The van der Waals surface area contributed by atoms with Crippen molar-refractivity contribution in [2.24, 2.45) is 0 Å². The summed E-state index contributed by atoms with van der Waals surface area (Å²) in [6.07, 6.45) is 1.79. The topological polar surface area (TPSA) is 57.5 Å². The van der Waals surface area contributed by atoms with Crippen LogP contribution in [0.4, 0.5) is 5.82 Å². The van der Waals surface area contributed by atoms with Gasteiger partial charge < -0.3 is 19.5 Å². The number of fused-ring (bicyclic) bond motifs is 2. The zero-order valence-electron chi connectivity index (χ0n) is 15.2. The first kappa shape index (κ1) is 16.1. The lowest BCUT2D eigenvalue weighted by Gasteiger charge is -2.19. The number of hydrogen-bond donors (Lipinski definition) is 1. The minimum absolute atomic E-state index is 0.578. The van der Waals surface area contributed by atoms with E-state index in [-0.39, 0.29) is 0 Å². The van der Waals surface area contributed by atoms with Gasteiger partial charge in [0.25, 0.3) is 0 Å². The van der Waals surface area contributed by atoms with Crippen molar-refractivity contribution in [2.75, 3.05) is 32.2 Å². The van der Waals surface area contributed by atoms with Crippen molar-refractivity contribution < 1.29 is 14.2 Å². The van der Waals surface area contributed by atoms with E-state index in [1.807, 2.05) is 35.0 Å². The normalized spacial score (nSPS) is 14.6. The van der Waals surface area contributed by atoms with Gasteiger partial charge in [-0.3, -0.25) is 0 Å². The highest BCUT2D eigenvalue weighted by Crippen LogP contribution is 2.35. The molecule has 0 fully saturated rings. The maximum absolute atomic E-state index is 5.73. The van der Waals surface area contributed by atoms with Gasteiger partial charge in [0.2, 0.25) is 0 Å². The average molecular weight is 363 g/mol. The molecule has 0 radical (unpaired) electrons. The Kier molecular flexibility index (Phi) is 3.89. The molecule has 5 rings (SSSR count). The van der Waals surface area contributed by atoms with Gasteiger partial charge in [0.05, 0.1) is 18.5 Å². The maximum Gasteiger partial charge on any atom is 0.163 e. The molecule has 0 unspecified atom stereocenters. The van der Waals surface area contributed by atoms with Crippen molar-refractivity contribution >= 4 is 5.82 Å². The number of rotatable bonds is 4. The lowest BCUT2D eigenvalue weighted by Crippen LogP contribution is -2.15. The number of hydrogen-bond acceptors (Lipinski definition) is 5. The second-order valence-electron chi connectivity index (χ2n) is 6.72. The summed E-state index contributed by atoms with van der Waals surface area (Å²) in [6.45, 7) is 2.11. The fourth-order valence-corrected chi connectivity index (χ4v) is 3.68. The zero-order valence-corrected chi connectivity index (χ0v) is 15.2. The van der Waals surface area contributed by atoms with Gasteiger partial charge in [-0.1, -0.05) is 12.1 Å². The molecule has 0 saturated carbocycles. The average Bonchev–Trinajstić information content (AvgIpc) is 3.32. The highest BCUT2D eigenvalue weighted by atomic mass is 16.6. The number of methoxy groups -OCH3 is 1. The van der Waals surface area contributed by atoms with Crippen LogP contribution >= 0.6 is 0 Å². The van der Waals surface area contributed by atoms with E-state index in [0.717, 1.165) is 53.8 Å². The minimum atomic E-state index is 0.578. The van der Waals surface area contributed by atoms with Gasteiger partial charge in [-0.05, 0) is 36.2 Å². The van der Waals surface area contributed by atoms with Crippen LogP contribution in [0, 0.1) is 0 Å². The molecule has 2 aliphatic rings. The largest absolute Gasteiger partial charge is 0.497 e. The molecule has 6 heteroatoms. The number of anilines is 1. The minimum Gasteiger partial charge on any atom is -0.497 e. The number of nitrogens with one attached hydrogen (secondary N) is 1. The Hall–Kier alpha value is -3.15. The van der Waals surface area contributed by atoms with Crippen molar-refractivity contribution in [1.29, 1.82) is 0 Å². The van der Waals surface area contributed by atoms with Crippen molar-refractivity contribution in [3.63, 3.8) is 0 Å². The van der Waals surface area contributed by atoms with Gasteiger partial charge in [-0.15, -0.1) is 0 Å². The number of nitrogens with zero attached hydrogens (tertiary/aromatic N) is 2. The van der Waals surface area contributed by atoms with E-state index in [1.54, 1.807) is 7.11 Å². The molecular weight excluding hydrogens is 342 g/mol. The molecule has 6 nitrogen and oxygen atoms in total. The van der Waals surface area contributed by atoms with Crippen LogP contribution in [0.15, 0.2) is 42.5 Å². The van der Waals surface area contributed by atoms with Crippen LogP contribution in [0.1, 0.15) is 16.8 Å². The Labute approximate surface area is 157 Å². The van der Waals surface area contributed by atoms with Crippen LogP contribution in [0.3, 0.4) is 0 Å². The van der Waals surface area contributed by atoms with Gasteiger partial charge in [0.15, 0.2) is 11.5 Å². The quantitative estimate of drug-likeness (QED) is 0.771. The van der Waals surface area contributed by atoms with E-state index in [2.05, 4.69) is 17.4 Å². The second kappa shape index (κ2) is 6.54. The molecule has 0 amide bonds. The summed E-state index contributed by atoms with van der Waals surface area (Å²) in [7, 11) is 1.68. The molecule has 27 heavy (non-hydrogen) atoms. The van der Waals surface area contributed by atoms with Crippen LogP contribution in [-0.2, 0) is 12.8 Å². The smallest absolute Gasteiger partial charge is 0.163 e. The second-order valence-corrected chi connectivity index (χ2v) is 6.72. The fourth-order valence-electron chi connectivity index (χ4n) is 3.68. The molecule has 0 bridgehead atoms. The first-order valence-corrected chi connectivity index (χ1v) is 9.19. The SMILES string of the molecule is COc1ccc(Cc2nn(-c3ccc4c(c3)OCCO4)c3c2CCN3)cc1. The van der Waals surface area contributed by atoms with E-state index in [1.165, 1.54) is 11.1 Å². The molecule has 1 aromatic heterocycles. The lowest BCUT2D eigenvalue weighted by molar-refractivity contribution is 0.171. The molecule has 0 saturated heterocycles. The zero-order chi connectivity index (χ0) is 18.2. The predicted molar refractivity (Wildman–Crippen MR) is 103 cm³/mol. The van der Waals surface area contributed by atoms with Gasteiger partial charge in [-0.2, -0.15) is 5.10 Å². The van der Waals surface area contributed by atoms with Crippen molar-refractivity contribution in [3.05, 3.63) is 59.3 Å². The lowest BCUT2D eigenvalue weighted by atomic mass is 10.1. The molecule has 138 valence electrons. The summed E-state index contributed by atoms with van der Waals surface area (Å²) in [5.74, 6) is 3.51. The van der Waals surface area contributed by atoms with E-state index in [4.69, 9.17) is 19.3 Å². The standard InChI is InChI=1S/C21H21N3O3/c1-25-16-5-2-14(3-6-16)12-18-17-8-9-22-21(17)24(23-18)15-4-7-19-20(13-15)27-11-10-26-19/h2-7,13,22H,8-12H2,1H3. The molecule has 2 aliphatic heterocycles. The predicted octanol–water partition coefficient (Wildman–Crippen LogP) is 3.21. The highest BCUT2D eigenvalue weighted by molar-refractivity contribution is 5.59. The first-order valence-electron chi connectivity index (χ1n) is 9.19. The Bertz CT molecular complexity index is 979. The Morgan fingerprint density at radius 3 is 2.70 bits per heavy atom. The molecule has 2 aromatic carbocycles. The van der Waals surface area contributed by atoms with Crippen LogP contribution in [0.25, 0.3) is 5.69 Å². The van der Waals surface area contributed by atoms with Gasteiger partial charge >= 0.3 is 0 Å².